The highest BCUT2D eigenvalue weighted by atomic mass is 79.9. The number of hydrogen-bond donors (Lipinski definition) is 2. The number of anilines is 2. The number of rotatable bonds is 5. The van der Waals surface area contributed by atoms with Crippen LogP contribution in [0.1, 0.15) is 30.6 Å². The molecule has 24 heavy (non-hydrogen) atoms. The lowest BCUT2D eigenvalue weighted by molar-refractivity contribution is -0.116. The maximum Gasteiger partial charge on any atom is 0.258 e. The molecule has 0 spiro atoms. The molecule has 2 N–H and O–H groups in total. The summed E-state index contributed by atoms with van der Waals surface area (Å²) < 4.78 is 14.3. The van der Waals surface area contributed by atoms with E-state index in [9.17, 15) is 14.0 Å². The van der Waals surface area contributed by atoms with Crippen molar-refractivity contribution in [2.75, 3.05) is 10.6 Å². The van der Waals surface area contributed by atoms with Crippen LogP contribution in [0.25, 0.3) is 0 Å². The van der Waals surface area contributed by atoms with Crippen LogP contribution in [0, 0.1) is 11.7 Å². The first kappa shape index (κ1) is 18.1. The van der Waals surface area contributed by atoms with Crippen LogP contribution in [0.2, 0.25) is 0 Å². The van der Waals surface area contributed by atoms with Gasteiger partial charge in [0, 0.05) is 22.3 Å². The third kappa shape index (κ3) is 5.16. The molecule has 2 aromatic carbocycles. The molecule has 0 aliphatic heterocycles. The Bertz CT molecular complexity index is 745. The van der Waals surface area contributed by atoms with Gasteiger partial charge in [-0.3, -0.25) is 9.59 Å². The molecular weight excluding hydrogens is 375 g/mol. The number of halogens is 2. The second kappa shape index (κ2) is 8.06. The van der Waals surface area contributed by atoms with Gasteiger partial charge in [0.1, 0.15) is 5.82 Å². The fourth-order valence-corrected chi connectivity index (χ4v) is 2.42. The maximum atomic E-state index is 13.8. The van der Waals surface area contributed by atoms with Gasteiger partial charge in [0.15, 0.2) is 0 Å². The lowest BCUT2D eigenvalue weighted by Crippen LogP contribution is -2.15. The molecule has 0 bridgehead atoms. The Kier molecular flexibility index (Phi) is 6.09. The van der Waals surface area contributed by atoms with E-state index in [2.05, 4.69) is 26.6 Å². The average Bonchev–Trinajstić information content (AvgIpc) is 2.48. The second-order valence-electron chi connectivity index (χ2n) is 5.80. The summed E-state index contributed by atoms with van der Waals surface area (Å²) in [5.74, 6) is -0.904. The third-order valence-corrected chi connectivity index (χ3v) is 3.69. The summed E-state index contributed by atoms with van der Waals surface area (Å²) in [6.07, 6.45) is 0.446. The van der Waals surface area contributed by atoms with Crippen LogP contribution >= 0.6 is 15.9 Å². The summed E-state index contributed by atoms with van der Waals surface area (Å²) in [5, 5.41) is 5.41. The molecule has 2 rings (SSSR count). The van der Waals surface area contributed by atoms with Crippen molar-refractivity contribution >= 4 is 39.1 Å². The average molecular weight is 393 g/mol. The molecule has 0 aromatic heterocycles. The van der Waals surface area contributed by atoms with Gasteiger partial charge in [0.25, 0.3) is 5.91 Å². The molecular formula is C18H18BrFN2O2. The third-order valence-electron chi connectivity index (χ3n) is 3.20. The number of carbonyl (C=O) groups excluding carboxylic acids is 2. The van der Waals surface area contributed by atoms with E-state index in [0.29, 0.717) is 22.3 Å². The van der Waals surface area contributed by atoms with Crippen molar-refractivity contribution in [1.82, 2.24) is 0 Å². The fraction of sp³-hybridized carbons (Fsp3) is 0.222. The fourth-order valence-electron chi connectivity index (χ4n) is 2.09. The van der Waals surface area contributed by atoms with Crippen molar-refractivity contribution in [2.24, 2.45) is 5.92 Å². The predicted molar refractivity (Wildman–Crippen MR) is 96.6 cm³/mol. The quantitative estimate of drug-likeness (QED) is 0.765. The summed E-state index contributed by atoms with van der Waals surface area (Å²) >= 11 is 3.15. The molecule has 0 saturated heterocycles. The molecule has 2 amide bonds. The molecule has 0 heterocycles. The van der Waals surface area contributed by atoms with Crippen LogP contribution in [0.15, 0.2) is 46.9 Å². The normalized spacial score (nSPS) is 10.5. The van der Waals surface area contributed by atoms with Crippen LogP contribution in [-0.2, 0) is 4.79 Å². The summed E-state index contributed by atoms with van der Waals surface area (Å²) in [6.45, 7) is 3.94. The van der Waals surface area contributed by atoms with Crippen LogP contribution in [0.3, 0.4) is 0 Å². The van der Waals surface area contributed by atoms with Gasteiger partial charge in [-0.15, -0.1) is 0 Å². The largest absolute Gasteiger partial charge is 0.326 e. The predicted octanol–water partition coefficient (Wildman–Crippen LogP) is 4.83. The second-order valence-corrected chi connectivity index (χ2v) is 6.72. The number of benzene rings is 2. The SMILES string of the molecule is CC(C)CC(=O)Nc1ccc(NC(=O)c2ccc(Br)cc2F)cc1. The number of hydrogen-bond acceptors (Lipinski definition) is 2. The van der Waals surface area contributed by atoms with Crippen LogP contribution < -0.4 is 10.6 Å². The Balaban J connectivity index is 2.01. The molecule has 0 aliphatic carbocycles. The van der Waals surface area contributed by atoms with Gasteiger partial charge in [0.05, 0.1) is 5.56 Å². The van der Waals surface area contributed by atoms with Crippen LogP contribution in [-0.4, -0.2) is 11.8 Å². The van der Waals surface area contributed by atoms with E-state index in [1.54, 1.807) is 30.3 Å². The summed E-state index contributed by atoms with van der Waals surface area (Å²) in [7, 11) is 0. The van der Waals surface area contributed by atoms with Crippen LogP contribution in [0.5, 0.6) is 0 Å². The molecule has 4 nitrogen and oxygen atoms in total. The molecule has 0 unspecified atom stereocenters. The van der Waals surface area contributed by atoms with Gasteiger partial charge in [-0.2, -0.15) is 0 Å². The number of amides is 2. The monoisotopic (exact) mass is 392 g/mol. The van der Waals surface area contributed by atoms with Crippen molar-refractivity contribution in [3.8, 4) is 0 Å². The van der Waals surface area contributed by atoms with E-state index >= 15 is 0 Å². The molecule has 0 atom stereocenters. The molecule has 0 aliphatic rings. The van der Waals surface area contributed by atoms with Crippen molar-refractivity contribution in [2.45, 2.75) is 20.3 Å². The smallest absolute Gasteiger partial charge is 0.258 e. The molecule has 126 valence electrons. The van der Waals surface area contributed by atoms with Gasteiger partial charge in [-0.1, -0.05) is 29.8 Å². The summed E-state index contributed by atoms with van der Waals surface area (Å²) in [4.78, 5) is 23.8. The van der Waals surface area contributed by atoms with Crippen molar-refractivity contribution < 1.29 is 14.0 Å². The van der Waals surface area contributed by atoms with Gasteiger partial charge in [0.2, 0.25) is 5.91 Å². The lowest BCUT2D eigenvalue weighted by atomic mass is 10.1. The van der Waals surface area contributed by atoms with Gasteiger partial charge >= 0.3 is 0 Å². The van der Waals surface area contributed by atoms with Crippen molar-refractivity contribution in [3.05, 3.63) is 58.3 Å². The summed E-state index contributed by atoms with van der Waals surface area (Å²) in [5.41, 5.74) is 1.13. The zero-order valence-electron chi connectivity index (χ0n) is 13.4. The standard InChI is InChI=1S/C18H18BrFN2O2/c1-11(2)9-17(23)21-13-4-6-14(7-5-13)22-18(24)15-8-3-12(19)10-16(15)20/h3-8,10-11H,9H2,1-2H3,(H,21,23)(H,22,24). The Hall–Kier alpha value is -2.21. The lowest BCUT2D eigenvalue weighted by Gasteiger charge is -2.09. The molecule has 0 fully saturated rings. The van der Waals surface area contributed by atoms with E-state index in [1.807, 2.05) is 13.8 Å². The molecule has 0 saturated carbocycles. The Labute approximate surface area is 148 Å². The van der Waals surface area contributed by atoms with Gasteiger partial charge < -0.3 is 10.6 Å². The number of carbonyl (C=O) groups is 2. The van der Waals surface area contributed by atoms with Gasteiger partial charge in [-0.25, -0.2) is 4.39 Å². The zero-order chi connectivity index (χ0) is 17.7. The number of nitrogens with one attached hydrogen (secondary N) is 2. The zero-order valence-corrected chi connectivity index (χ0v) is 15.0. The minimum atomic E-state index is -0.598. The first-order chi connectivity index (χ1) is 11.3. The van der Waals surface area contributed by atoms with Crippen molar-refractivity contribution in [3.63, 3.8) is 0 Å². The maximum absolute atomic E-state index is 13.8. The molecule has 0 radical (unpaired) electrons. The van der Waals surface area contributed by atoms with E-state index in [0.717, 1.165) is 0 Å². The molecule has 2 aromatic rings. The van der Waals surface area contributed by atoms with E-state index in [1.165, 1.54) is 12.1 Å². The first-order valence-electron chi connectivity index (χ1n) is 7.51. The summed E-state index contributed by atoms with van der Waals surface area (Å²) in [6, 6.07) is 10.9. The highest BCUT2D eigenvalue weighted by molar-refractivity contribution is 9.10. The van der Waals surface area contributed by atoms with Gasteiger partial charge in [-0.05, 0) is 48.4 Å². The minimum absolute atomic E-state index is 0.0347. The Morgan fingerprint density at radius 3 is 2.17 bits per heavy atom. The topological polar surface area (TPSA) is 58.2 Å². The molecule has 6 heteroatoms. The first-order valence-corrected chi connectivity index (χ1v) is 8.31. The minimum Gasteiger partial charge on any atom is -0.326 e. The Morgan fingerprint density at radius 1 is 1.04 bits per heavy atom. The Morgan fingerprint density at radius 2 is 1.62 bits per heavy atom. The van der Waals surface area contributed by atoms with E-state index in [-0.39, 0.29) is 17.4 Å². The van der Waals surface area contributed by atoms with E-state index < -0.39 is 11.7 Å². The highest BCUT2D eigenvalue weighted by Gasteiger charge is 2.12. The van der Waals surface area contributed by atoms with Crippen molar-refractivity contribution in [1.29, 1.82) is 0 Å². The highest BCUT2D eigenvalue weighted by Crippen LogP contribution is 2.18. The van der Waals surface area contributed by atoms with Crippen LogP contribution in [0.4, 0.5) is 15.8 Å². The van der Waals surface area contributed by atoms with E-state index in [4.69, 9.17) is 0 Å².